The number of carbonyl (C=O) groups is 4. The van der Waals surface area contributed by atoms with E-state index in [9.17, 15) is 19.2 Å². The molecule has 2 aliphatic heterocycles. The SMILES string of the molecule is CCOC(=O)C1CCN(C(=O)Nc2ccc3c(c2)C(=O)N(CCCOC)C3=O)CC1. The molecule has 3 rings (SSSR count). The number of ether oxygens (including phenoxy) is 2. The van der Waals surface area contributed by atoms with Gasteiger partial charge in [0.1, 0.15) is 0 Å². The Morgan fingerprint density at radius 1 is 1.13 bits per heavy atom. The number of fused-ring (bicyclic) bond motifs is 1. The summed E-state index contributed by atoms with van der Waals surface area (Å²) in [6.45, 7) is 3.77. The van der Waals surface area contributed by atoms with E-state index in [1.54, 1.807) is 31.1 Å². The normalized spacial score (nSPS) is 16.6. The molecule has 1 fully saturated rings. The number of carbonyl (C=O) groups excluding carboxylic acids is 4. The number of hydrogen-bond acceptors (Lipinski definition) is 6. The van der Waals surface area contributed by atoms with Gasteiger partial charge in [0.05, 0.1) is 23.7 Å². The minimum atomic E-state index is -0.363. The summed E-state index contributed by atoms with van der Waals surface area (Å²) in [4.78, 5) is 52.3. The van der Waals surface area contributed by atoms with Gasteiger partial charge in [0.15, 0.2) is 0 Å². The molecule has 1 aromatic carbocycles. The first kappa shape index (κ1) is 21.8. The first-order valence-electron chi connectivity index (χ1n) is 10.2. The first-order valence-corrected chi connectivity index (χ1v) is 10.2. The summed E-state index contributed by atoms with van der Waals surface area (Å²) in [6, 6.07) is 4.42. The fourth-order valence-electron chi connectivity index (χ4n) is 3.72. The van der Waals surface area contributed by atoms with Crippen LogP contribution in [0.4, 0.5) is 10.5 Å². The lowest BCUT2D eigenvalue weighted by atomic mass is 9.97. The fraction of sp³-hybridized carbons (Fsp3) is 0.524. The molecule has 0 unspecified atom stereocenters. The van der Waals surface area contributed by atoms with Crippen molar-refractivity contribution in [3.8, 4) is 0 Å². The van der Waals surface area contributed by atoms with E-state index in [2.05, 4.69) is 5.32 Å². The molecule has 9 nitrogen and oxygen atoms in total. The molecule has 0 aromatic heterocycles. The second-order valence-electron chi connectivity index (χ2n) is 7.31. The van der Waals surface area contributed by atoms with Crippen LogP contribution in [0.15, 0.2) is 18.2 Å². The van der Waals surface area contributed by atoms with Gasteiger partial charge in [-0.25, -0.2) is 4.79 Å². The lowest BCUT2D eigenvalue weighted by molar-refractivity contribution is -0.149. The van der Waals surface area contributed by atoms with Crippen molar-refractivity contribution in [2.75, 3.05) is 45.3 Å². The predicted molar refractivity (Wildman–Crippen MR) is 108 cm³/mol. The Bertz CT molecular complexity index is 832. The number of amides is 4. The van der Waals surface area contributed by atoms with Crippen LogP contribution in [-0.4, -0.2) is 73.6 Å². The fourth-order valence-corrected chi connectivity index (χ4v) is 3.72. The molecule has 1 aromatic rings. The van der Waals surface area contributed by atoms with Crippen molar-refractivity contribution < 1.29 is 28.7 Å². The summed E-state index contributed by atoms with van der Waals surface area (Å²) in [6.07, 6.45) is 1.67. The van der Waals surface area contributed by atoms with Crippen LogP contribution < -0.4 is 5.32 Å². The van der Waals surface area contributed by atoms with Crippen LogP contribution in [-0.2, 0) is 14.3 Å². The summed E-state index contributed by atoms with van der Waals surface area (Å²) in [5, 5.41) is 2.78. The number of rotatable bonds is 7. The molecule has 0 spiro atoms. The summed E-state index contributed by atoms with van der Waals surface area (Å²) in [7, 11) is 1.57. The maximum Gasteiger partial charge on any atom is 0.321 e. The van der Waals surface area contributed by atoms with E-state index < -0.39 is 0 Å². The van der Waals surface area contributed by atoms with Crippen LogP contribution >= 0.6 is 0 Å². The highest BCUT2D eigenvalue weighted by molar-refractivity contribution is 6.21. The maximum atomic E-state index is 12.6. The van der Waals surface area contributed by atoms with Crippen molar-refractivity contribution in [3.05, 3.63) is 29.3 Å². The van der Waals surface area contributed by atoms with Crippen LogP contribution in [0.2, 0.25) is 0 Å². The summed E-state index contributed by atoms with van der Waals surface area (Å²) in [5.41, 5.74) is 1.08. The lowest BCUT2D eigenvalue weighted by Crippen LogP contribution is -2.42. The predicted octanol–water partition coefficient (Wildman–Crippen LogP) is 2.13. The molecule has 1 saturated heterocycles. The smallest absolute Gasteiger partial charge is 0.321 e. The average Bonchev–Trinajstić information content (AvgIpc) is 2.98. The molecule has 162 valence electrons. The second kappa shape index (κ2) is 9.71. The van der Waals surface area contributed by atoms with E-state index in [1.807, 2.05) is 0 Å². The number of nitrogens with zero attached hydrogens (tertiary/aromatic N) is 2. The van der Waals surface area contributed by atoms with Crippen molar-refractivity contribution in [1.82, 2.24) is 9.80 Å². The van der Waals surface area contributed by atoms with Gasteiger partial charge in [0.2, 0.25) is 0 Å². The third kappa shape index (κ3) is 4.62. The Hall–Kier alpha value is -2.94. The number of anilines is 1. The molecule has 2 heterocycles. The van der Waals surface area contributed by atoms with Crippen LogP contribution in [0, 0.1) is 5.92 Å². The summed E-state index contributed by atoms with van der Waals surface area (Å²) >= 11 is 0. The molecule has 4 amide bonds. The van der Waals surface area contributed by atoms with E-state index in [0.717, 1.165) is 0 Å². The molecular formula is C21H27N3O6. The monoisotopic (exact) mass is 417 g/mol. The minimum absolute atomic E-state index is 0.179. The quantitative estimate of drug-likeness (QED) is 0.414. The molecule has 0 atom stereocenters. The van der Waals surface area contributed by atoms with Gasteiger partial charge < -0.3 is 19.7 Å². The van der Waals surface area contributed by atoms with Crippen LogP contribution in [0.3, 0.4) is 0 Å². The molecule has 2 aliphatic rings. The minimum Gasteiger partial charge on any atom is -0.466 e. The van der Waals surface area contributed by atoms with Crippen LogP contribution in [0.1, 0.15) is 46.9 Å². The Balaban J connectivity index is 1.59. The van der Waals surface area contributed by atoms with Gasteiger partial charge in [-0.2, -0.15) is 0 Å². The second-order valence-corrected chi connectivity index (χ2v) is 7.31. The van der Waals surface area contributed by atoms with E-state index >= 15 is 0 Å². The Morgan fingerprint density at radius 2 is 1.83 bits per heavy atom. The number of esters is 1. The number of urea groups is 1. The van der Waals surface area contributed by atoms with Gasteiger partial charge in [-0.15, -0.1) is 0 Å². The standard InChI is InChI=1S/C21H27N3O6/c1-3-30-20(27)14-7-10-23(11-8-14)21(28)22-15-5-6-16-17(13-15)19(26)24(18(16)25)9-4-12-29-2/h5-6,13-14H,3-4,7-12H2,1-2H3,(H,22,28). The van der Waals surface area contributed by atoms with Gasteiger partial charge >= 0.3 is 12.0 Å². The Kier molecular flexibility index (Phi) is 7.04. The van der Waals surface area contributed by atoms with Crippen LogP contribution in [0.5, 0.6) is 0 Å². The van der Waals surface area contributed by atoms with Crippen molar-refractivity contribution >= 4 is 29.5 Å². The number of nitrogens with one attached hydrogen (secondary N) is 1. The molecule has 9 heteroatoms. The molecule has 0 bridgehead atoms. The summed E-state index contributed by atoms with van der Waals surface area (Å²) in [5.74, 6) is -1.08. The molecule has 0 radical (unpaired) electrons. The Morgan fingerprint density at radius 3 is 2.50 bits per heavy atom. The largest absolute Gasteiger partial charge is 0.466 e. The van der Waals surface area contributed by atoms with Gasteiger partial charge in [0, 0.05) is 39.0 Å². The zero-order valence-electron chi connectivity index (χ0n) is 17.3. The lowest BCUT2D eigenvalue weighted by Gasteiger charge is -2.30. The third-order valence-electron chi connectivity index (χ3n) is 5.35. The van der Waals surface area contributed by atoms with E-state index in [0.29, 0.717) is 56.8 Å². The van der Waals surface area contributed by atoms with Gasteiger partial charge in [-0.3, -0.25) is 19.3 Å². The summed E-state index contributed by atoms with van der Waals surface area (Å²) < 4.78 is 10.0. The van der Waals surface area contributed by atoms with Crippen LogP contribution in [0.25, 0.3) is 0 Å². The topological polar surface area (TPSA) is 105 Å². The number of benzene rings is 1. The molecule has 0 saturated carbocycles. The van der Waals surface area contributed by atoms with E-state index in [4.69, 9.17) is 9.47 Å². The number of methoxy groups -OCH3 is 1. The van der Waals surface area contributed by atoms with E-state index in [-0.39, 0.29) is 41.8 Å². The van der Waals surface area contributed by atoms with Gasteiger partial charge in [-0.05, 0) is 44.4 Å². The highest BCUT2D eigenvalue weighted by atomic mass is 16.5. The van der Waals surface area contributed by atoms with Crippen molar-refractivity contribution in [2.24, 2.45) is 5.92 Å². The first-order chi connectivity index (χ1) is 14.5. The molecule has 1 N–H and O–H groups in total. The van der Waals surface area contributed by atoms with Gasteiger partial charge in [-0.1, -0.05) is 0 Å². The number of piperidine rings is 1. The zero-order valence-corrected chi connectivity index (χ0v) is 17.3. The molecular weight excluding hydrogens is 390 g/mol. The number of likely N-dealkylation sites (tertiary alicyclic amines) is 1. The van der Waals surface area contributed by atoms with E-state index in [1.165, 1.54) is 11.0 Å². The van der Waals surface area contributed by atoms with Crippen molar-refractivity contribution in [2.45, 2.75) is 26.2 Å². The highest BCUT2D eigenvalue weighted by Gasteiger charge is 2.35. The molecule has 0 aliphatic carbocycles. The molecule has 30 heavy (non-hydrogen) atoms. The number of imide groups is 1. The number of hydrogen-bond donors (Lipinski definition) is 1. The average molecular weight is 417 g/mol. The Labute approximate surface area is 175 Å². The van der Waals surface area contributed by atoms with Crippen molar-refractivity contribution in [3.63, 3.8) is 0 Å². The highest BCUT2D eigenvalue weighted by Crippen LogP contribution is 2.26. The van der Waals surface area contributed by atoms with Gasteiger partial charge in [0.25, 0.3) is 11.8 Å². The zero-order chi connectivity index (χ0) is 21.7. The maximum absolute atomic E-state index is 12.6. The third-order valence-corrected chi connectivity index (χ3v) is 5.35. The van der Waals surface area contributed by atoms with Crippen molar-refractivity contribution in [1.29, 1.82) is 0 Å².